The molecule has 0 spiro atoms. The van der Waals surface area contributed by atoms with E-state index in [0.717, 1.165) is 0 Å². The maximum Gasteiger partial charge on any atom is 0.312 e. The number of ether oxygens (including phenoxy) is 1. The van der Waals surface area contributed by atoms with Crippen LogP contribution in [-0.4, -0.2) is 26.3 Å². The summed E-state index contributed by atoms with van der Waals surface area (Å²) in [6.45, 7) is 6.79. The van der Waals surface area contributed by atoms with Gasteiger partial charge >= 0.3 is 5.97 Å². The third-order valence-electron chi connectivity index (χ3n) is 2.86. The number of carbonyl (C=O) groups excluding carboxylic acids is 2. The first-order valence-corrected chi connectivity index (χ1v) is 7.19. The Balaban J connectivity index is 2.37. The van der Waals surface area contributed by atoms with Crippen molar-refractivity contribution in [2.24, 2.45) is 5.41 Å². The van der Waals surface area contributed by atoms with Crippen LogP contribution in [0.1, 0.15) is 38.1 Å². The number of nitrogens with zero attached hydrogens (tertiary/aromatic N) is 3. The smallest absolute Gasteiger partial charge is 0.312 e. The first-order valence-electron chi connectivity index (χ1n) is 6.39. The SMILES string of the molecule is CC(=O)c1cn(COC(=O)C(C)(C)C)c2ncc(Br)nc12. The average molecular weight is 354 g/mol. The number of carbonyl (C=O) groups is 2. The molecule has 0 aromatic carbocycles. The lowest BCUT2D eigenvalue weighted by Crippen LogP contribution is -2.23. The quantitative estimate of drug-likeness (QED) is 0.626. The maximum absolute atomic E-state index is 11.8. The van der Waals surface area contributed by atoms with Crippen LogP contribution < -0.4 is 0 Å². The summed E-state index contributed by atoms with van der Waals surface area (Å²) in [5.41, 5.74) is 0.862. The second-order valence-corrected chi connectivity index (χ2v) is 6.56. The number of fused-ring (bicyclic) bond motifs is 1. The minimum atomic E-state index is -0.582. The van der Waals surface area contributed by atoms with Crippen molar-refractivity contribution in [2.45, 2.75) is 34.4 Å². The van der Waals surface area contributed by atoms with Gasteiger partial charge in [0.25, 0.3) is 0 Å². The normalized spacial score (nSPS) is 11.7. The molecule has 7 heteroatoms. The number of aromatic nitrogens is 3. The van der Waals surface area contributed by atoms with Crippen molar-refractivity contribution in [1.82, 2.24) is 14.5 Å². The van der Waals surface area contributed by atoms with Gasteiger partial charge in [-0.05, 0) is 43.6 Å². The Bertz CT molecular complexity index is 716. The number of rotatable bonds is 3. The predicted molar refractivity (Wildman–Crippen MR) is 80.8 cm³/mol. The molecule has 21 heavy (non-hydrogen) atoms. The van der Waals surface area contributed by atoms with E-state index in [2.05, 4.69) is 25.9 Å². The van der Waals surface area contributed by atoms with E-state index >= 15 is 0 Å². The Hall–Kier alpha value is -1.76. The molecular formula is C14H16BrN3O3. The van der Waals surface area contributed by atoms with E-state index in [9.17, 15) is 9.59 Å². The van der Waals surface area contributed by atoms with Crippen LogP contribution in [0.15, 0.2) is 17.0 Å². The van der Waals surface area contributed by atoms with Crippen LogP contribution in [-0.2, 0) is 16.3 Å². The molecule has 6 nitrogen and oxygen atoms in total. The fraction of sp³-hybridized carbons (Fsp3) is 0.429. The van der Waals surface area contributed by atoms with Gasteiger partial charge in [-0.15, -0.1) is 0 Å². The highest BCUT2D eigenvalue weighted by atomic mass is 79.9. The van der Waals surface area contributed by atoms with Crippen LogP contribution in [0.5, 0.6) is 0 Å². The van der Waals surface area contributed by atoms with Gasteiger partial charge in [0.1, 0.15) is 10.1 Å². The van der Waals surface area contributed by atoms with E-state index in [1.165, 1.54) is 13.1 Å². The second-order valence-electron chi connectivity index (χ2n) is 5.74. The largest absolute Gasteiger partial charge is 0.443 e. The van der Waals surface area contributed by atoms with Crippen molar-refractivity contribution in [2.75, 3.05) is 0 Å². The fourth-order valence-corrected chi connectivity index (χ4v) is 2.01. The Morgan fingerprint density at radius 3 is 2.62 bits per heavy atom. The number of halogens is 1. The molecule has 2 heterocycles. The van der Waals surface area contributed by atoms with Gasteiger partial charge in [0.15, 0.2) is 18.2 Å². The highest BCUT2D eigenvalue weighted by Crippen LogP contribution is 2.21. The molecule has 0 N–H and O–H groups in total. The minimum Gasteiger partial charge on any atom is -0.443 e. The first-order chi connectivity index (χ1) is 9.70. The van der Waals surface area contributed by atoms with Gasteiger partial charge in [-0.3, -0.25) is 14.2 Å². The molecule has 0 unspecified atom stereocenters. The molecular weight excluding hydrogens is 338 g/mol. The third kappa shape index (κ3) is 3.29. The Kier molecular flexibility index (Phi) is 4.13. The highest BCUT2D eigenvalue weighted by Gasteiger charge is 2.24. The molecule has 0 bridgehead atoms. The lowest BCUT2D eigenvalue weighted by atomic mass is 9.98. The summed E-state index contributed by atoms with van der Waals surface area (Å²) in [6.07, 6.45) is 3.14. The molecule has 0 saturated carbocycles. The van der Waals surface area contributed by atoms with E-state index in [0.29, 0.717) is 21.3 Å². The Morgan fingerprint density at radius 1 is 1.38 bits per heavy atom. The zero-order chi connectivity index (χ0) is 15.8. The second kappa shape index (κ2) is 5.55. The zero-order valence-corrected chi connectivity index (χ0v) is 13.9. The summed E-state index contributed by atoms with van der Waals surface area (Å²) >= 11 is 3.23. The number of hydrogen-bond donors (Lipinski definition) is 0. The van der Waals surface area contributed by atoms with E-state index in [1.54, 1.807) is 31.5 Å². The van der Waals surface area contributed by atoms with Crippen molar-refractivity contribution < 1.29 is 14.3 Å². The monoisotopic (exact) mass is 353 g/mol. The van der Waals surface area contributed by atoms with Crippen LogP contribution in [0.2, 0.25) is 0 Å². The van der Waals surface area contributed by atoms with E-state index in [1.807, 2.05) is 0 Å². The lowest BCUT2D eigenvalue weighted by molar-refractivity contribution is -0.156. The number of ketones is 1. The molecule has 2 aromatic rings. The summed E-state index contributed by atoms with van der Waals surface area (Å²) in [5, 5.41) is 0. The van der Waals surface area contributed by atoms with Gasteiger partial charge in [-0.1, -0.05) is 0 Å². The van der Waals surface area contributed by atoms with Crippen molar-refractivity contribution in [3.8, 4) is 0 Å². The molecule has 0 aliphatic rings. The molecule has 0 fully saturated rings. The van der Waals surface area contributed by atoms with E-state index in [4.69, 9.17) is 4.74 Å². The molecule has 0 saturated heterocycles. The van der Waals surface area contributed by atoms with Crippen LogP contribution in [0, 0.1) is 5.41 Å². The maximum atomic E-state index is 11.8. The third-order valence-corrected chi connectivity index (χ3v) is 3.24. The summed E-state index contributed by atoms with van der Waals surface area (Å²) in [4.78, 5) is 32.0. The number of esters is 1. The van der Waals surface area contributed by atoms with Crippen LogP contribution >= 0.6 is 15.9 Å². The van der Waals surface area contributed by atoms with Crippen molar-refractivity contribution in [3.05, 3.63) is 22.6 Å². The van der Waals surface area contributed by atoms with Crippen LogP contribution in [0.25, 0.3) is 11.2 Å². The molecule has 0 aliphatic carbocycles. The zero-order valence-electron chi connectivity index (χ0n) is 12.3. The van der Waals surface area contributed by atoms with Crippen molar-refractivity contribution in [1.29, 1.82) is 0 Å². The highest BCUT2D eigenvalue weighted by molar-refractivity contribution is 9.10. The van der Waals surface area contributed by atoms with Gasteiger partial charge in [0.05, 0.1) is 17.2 Å². The van der Waals surface area contributed by atoms with Gasteiger partial charge in [-0.25, -0.2) is 9.97 Å². The molecule has 0 atom stereocenters. The van der Waals surface area contributed by atoms with Crippen LogP contribution in [0.4, 0.5) is 0 Å². The molecule has 2 aromatic heterocycles. The van der Waals surface area contributed by atoms with E-state index in [-0.39, 0.29) is 18.5 Å². The number of Topliss-reactive ketones (excluding diaryl/α,β-unsaturated/α-hetero) is 1. The topological polar surface area (TPSA) is 74.1 Å². The van der Waals surface area contributed by atoms with Crippen molar-refractivity contribution >= 4 is 38.8 Å². The van der Waals surface area contributed by atoms with Crippen LogP contribution in [0.3, 0.4) is 0 Å². The van der Waals surface area contributed by atoms with E-state index < -0.39 is 5.41 Å². The standard InChI is InChI=1S/C14H16BrN3O3/c1-8(19)9-6-18(7-21-13(20)14(2,3)4)12-11(9)17-10(15)5-16-12/h5-6H,7H2,1-4H3. The molecule has 112 valence electrons. The van der Waals surface area contributed by atoms with Crippen molar-refractivity contribution in [3.63, 3.8) is 0 Å². The lowest BCUT2D eigenvalue weighted by Gasteiger charge is -2.16. The molecule has 2 rings (SSSR count). The predicted octanol–water partition coefficient (Wildman–Crippen LogP) is 2.94. The minimum absolute atomic E-state index is 0.00377. The van der Waals surface area contributed by atoms with Gasteiger partial charge in [0.2, 0.25) is 0 Å². The first kappa shape index (κ1) is 15.6. The van der Waals surface area contributed by atoms with Gasteiger partial charge in [-0.2, -0.15) is 0 Å². The average Bonchev–Trinajstić information content (AvgIpc) is 2.72. The van der Waals surface area contributed by atoms with Gasteiger partial charge in [0, 0.05) is 6.20 Å². The molecule has 0 aliphatic heterocycles. The number of hydrogen-bond acceptors (Lipinski definition) is 5. The Morgan fingerprint density at radius 2 is 2.05 bits per heavy atom. The summed E-state index contributed by atoms with van der Waals surface area (Å²) in [5.74, 6) is -0.438. The summed E-state index contributed by atoms with van der Waals surface area (Å²) < 4.78 is 7.41. The fourth-order valence-electron chi connectivity index (χ4n) is 1.73. The molecule has 0 radical (unpaired) electrons. The summed E-state index contributed by atoms with van der Waals surface area (Å²) in [7, 11) is 0. The Labute approximate surface area is 130 Å². The summed E-state index contributed by atoms with van der Waals surface area (Å²) in [6, 6.07) is 0. The van der Waals surface area contributed by atoms with Gasteiger partial charge < -0.3 is 4.74 Å². The molecule has 0 amide bonds.